The second-order valence-electron chi connectivity index (χ2n) is 5.25. The number of ether oxygens (including phenoxy) is 2. The number of rotatable bonds is 4. The minimum absolute atomic E-state index is 0.153. The summed E-state index contributed by atoms with van der Waals surface area (Å²) in [6.45, 7) is 3.49. The Hall–Kier alpha value is -1.92. The van der Waals surface area contributed by atoms with Crippen molar-refractivity contribution in [2.75, 3.05) is 13.2 Å². The zero-order valence-electron chi connectivity index (χ0n) is 12.4. The topological polar surface area (TPSA) is 48.7 Å². The predicted octanol–water partition coefficient (Wildman–Crippen LogP) is 3.71. The molecule has 5 nitrogen and oxygen atoms in total. The molecule has 0 spiro atoms. The van der Waals surface area contributed by atoms with Crippen LogP contribution < -0.4 is 4.74 Å². The minimum Gasteiger partial charge on any atom is -0.494 e. The van der Waals surface area contributed by atoms with Crippen LogP contribution in [-0.2, 0) is 4.74 Å². The van der Waals surface area contributed by atoms with Crippen LogP contribution in [0.5, 0.6) is 5.75 Å². The van der Waals surface area contributed by atoms with Crippen LogP contribution in [0.1, 0.15) is 30.9 Å². The van der Waals surface area contributed by atoms with E-state index in [9.17, 15) is 0 Å². The fourth-order valence-electron chi connectivity index (χ4n) is 2.65. The lowest BCUT2D eigenvalue weighted by atomic mass is 10.2. The summed E-state index contributed by atoms with van der Waals surface area (Å²) in [5, 5.41) is 5.64. The lowest BCUT2D eigenvalue weighted by Crippen LogP contribution is -1.95. The number of benzene rings is 1. The van der Waals surface area contributed by atoms with Crippen LogP contribution in [0.3, 0.4) is 0 Å². The monoisotopic (exact) mass is 315 g/mol. The van der Waals surface area contributed by atoms with Gasteiger partial charge in [0.2, 0.25) is 4.96 Å². The molecule has 0 radical (unpaired) electrons. The second-order valence-corrected chi connectivity index (χ2v) is 6.24. The van der Waals surface area contributed by atoms with Gasteiger partial charge in [-0.2, -0.15) is 5.10 Å². The van der Waals surface area contributed by atoms with Crippen molar-refractivity contribution in [3.05, 3.63) is 35.5 Å². The van der Waals surface area contributed by atoms with Crippen molar-refractivity contribution in [1.82, 2.24) is 14.6 Å². The van der Waals surface area contributed by atoms with Crippen LogP contribution in [0.2, 0.25) is 0 Å². The number of hydrogen-bond donors (Lipinski definition) is 0. The normalized spacial score (nSPS) is 18.1. The van der Waals surface area contributed by atoms with Gasteiger partial charge in [0.15, 0.2) is 0 Å². The largest absolute Gasteiger partial charge is 0.494 e. The Balaban J connectivity index is 1.60. The van der Waals surface area contributed by atoms with Gasteiger partial charge >= 0.3 is 0 Å². The molecule has 22 heavy (non-hydrogen) atoms. The molecule has 2 aromatic heterocycles. The highest BCUT2D eigenvalue weighted by atomic mass is 32.1. The van der Waals surface area contributed by atoms with Crippen LogP contribution in [0, 0.1) is 0 Å². The van der Waals surface area contributed by atoms with Crippen molar-refractivity contribution in [3.8, 4) is 17.0 Å². The SMILES string of the molecule is CCOc1ccc(-c2cn3nc(C4CCCO4)sc3n2)cc1. The molecular weight excluding hydrogens is 298 g/mol. The summed E-state index contributed by atoms with van der Waals surface area (Å²) in [5.41, 5.74) is 2.00. The Labute approximate surface area is 132 Å². The van der Waals surface area contributed by atoms with Crippen LogP contribution in [0.15, 0.2) is 30.5 Å². The molecular formula is C16H17N3O2S. The summed E-state index contributed by atoms with van der Waals surface area (Å²) < 4.78 is 13.0. The van der Waals surface area contributed by atoms with Gasteiger partial charge in [0, 0.05) is 12.2 Å². The van der Waals surface area contributed by atoms with Gasteiger partial charge in [0.05, 0.1) is 18.5 Å². The molecule has 1 aromatic carbocycles. The fraction of sp³-hybridized carbons (Fsp3) is 0.375. The van der Waals surface area contributed by atoms with E-state index in [0.29, 0.717) is 6.61 Å². The number of fused-ring (bicyclic) bond motifs is 1. The zero-order valence-corrected chi connectivity index (χ0v) is 13.2. The van der Waals surface area contributed by atoms with E-state index in [-0.39, 0.29) is 6.10 Å². The van der Waals surface area contributed by atoms with Crippen molar-refractivity contribution in [2.45, 2.75) is 25.9 Å². The van der Waals surface area contributed by atoms with Gasteiger partial charge in [0.1, 0.15) is 16.9 Å². The van der Waals surface area contributed by atoms with Gasteiger partial charge in [-0.3, -0.25) is 0 Å². The fourth-order valence-corrected chi connectivity index (χ4v) is 3.61. The molecule has 1 fully saturated rings. The van der Waals surface area contributed by atoms with Crippen molar-refractivity contribution in [3.63, 3.8) is 0 Å². The Morgan fingerprint density at radius 1 is 1.36 bits per heavy atom. The first-order chi connectivity index (χ1) is 10.8. The molecule has 114 valence electrons. The van der Waals surface area contributed by atoms with Gasteiger partial charge in [-0.15, -0.1) is 0 Å². The lowest BCUT2D eigenvalue weighted by Gasteiger charge is -2.03. The first kappa shape index (κ1) is 13.7. The van der Waals surface area contributed by atoms with E-state index in [4.69, 9.17) is 9.47 Å². The standard InChI is InChI=1S/C16H17N3O2S/c1-2-20-12-7-5-11(6-8-12)13-10-19-16(17-13)22-15(18-19)14-4-3-9-21-14/h5-8,10,14H,2-4,9H2,1H3. The van der Waals surface area contributed by atoms with Gasteiger partial charge in [0.25, 0.3) is 0 Å². The maximum atomic E-state index is 5.68. The number of hydrogen-bond acceptors (Lipinski definition) is 5. The molecule has 1 aliphatic heterocycles. The van der Waals surface area contributed by atoms with E-state index in [1.807, 2.05) is 41.9 Å². The van der Waals surface area contributed by atoms with Crippen molar-refractivity contribution < 1.29 is 9.47 Å². The maximum Gasteiger partial charge on any atom is 0.212 e. The summed E-state index contributed by atoms with van der Waals surface area (Å²) in [4.78, 5) is 5.58. The van der Waals surface area contributed by atoms with Gasteiger partial charge in [-0.25, -0.2) is 9.50 Å². The lowest BCUT2D eigenvalue weighted by molar-refractivity contribution is 0.111. The molecule has 1 aliphatic rings. The van der Waals surface area contributed by atoms with E-state index in [0.717, 1.165) is 46.4 Å². The van der Waals surface area contributed by atoms with E-state index >= 15 is 0 Å². The Morgan fingerprint density at radius 3 is 2.91 bits per heavy atom. The molecule has 0 saturated carbocycles. The third kappa shape index (κ3) is 2.48. The third-order valence-electron chi connectivity index (χ3n) is 3.73. The average Bonchev–Trinajstić information content (AvgIpc) is 3.23. The predicted molar refractivity (Wildman–Crippen MR) is 85.4 cm³/mol. The zero-order chi connectivity index (χ0) is 14.9. The number of nitrogens with zero attached hydrogens (tertiary/aromatic N) is 3. The van der Waals surface area contributed by atoms with Crippen molar-refractivity contribution in [1.29, 1.82) is 0 Å². The van der Waals surface area contributed by atoms with Crippen molar-refractivity contribution >= 4 is 16.3 Å². The maximum absolute atomic E-state index is 5.68. The summed E-state index contributed by atoms with van der Waals surface area (Å²) in [6, 6.07) is 7.99. The molecule has 1 atom stereocenters. The molecule has 6 heteroatoms. The first-order valence-corrected chi connectivity index (χ1v) is 8.36. The highest BCUT2D eigenvalue weighted by Gasteiger charge is 2.22. The summed E-state index contributed by atoms with van der Waals surface area (Å²) in [7, 11) is 0. The van der Waals surface area contributed by atoms with E-state index in [1.54, 1.807) is 11.3 Å². The van der Waals surface area contributed by atoms with Crippen molar-refractivity contribution in [2.24, 2.45) is 0 Å². The average molecular weight is 315 g/mol. The summed E-state index contributed by atoms with van der Waals surface area (Å²) in [6.07, 6.45) is 4.30. The second kappa shape index (κ2) is 5.70. The highest BCUT2D eigenvalue weighted by molar-refractivity contribution is 7.16. The highest BCUT2D eigenvalue weighted by Crippen LogP contribution is 2.32. The van der Waals surface area contributed by atoms with Crippen LogP contribution in [0.25, 0.3) is 16.2 Å². The van der Waals surface area contributed by atoms with Crippen LogP contribution in [0.4, 0.5) is 0 Å². The molecule has 4 rings (SSSR count). The third-order valence-corrected chi connectivity index (χ3v) is 4.74. The Bertz CT molecular complexity index is 741. The molecule has 3 aromatic rings. The molecule has 1 saturated heterocycles. The van der Waals surface area contributed by atoms with E-state index < -0.39 is 0 Å². The van der Waals surface area contributed by atoms with Crippen LogP contribution in [-0.4, -0.2) is 27.8 Å². The molecule has 1 unspecified atom stereocenters. The molecule has 0 bridgehead atoms. The summed E-state index contributed by atoms with van der Waals surface area (Å²) >= 11 is 1.61. The minimum atomic E-state index is 0.153. The van der Waals surface area contributed by atoms with E-state index in [1.165, 1.54) is 0 Å². The number of aromatic nitrogens is 3. The van der Waals surface area contributed by atoms with Gasteiger partial charge < -0.3 is 9.47 Å². The summed E-state index contributed by atoms with van der Waals surface area (Å²) in [5.74, 6) is 0.881. The first-order valence-electron chi connectivity index (χ1n) is 7.54. The van der Waals surface area contributed by atoms with E-state index in [2.05, 4.69) is 10.1 Å². The van der Waals surface area contributed by atoms with Gasteiger partial charge in [-0.05, 0) is 44.0 Å². The Kier molecular flexibility index (Phi) is 3.56. The Morgan fingerprint density at radius 2 is 2.23 bits per heavy atom. The van der Waals surface area contributed by atoms with Crippen LogP contribution >= 0.6 is 11.3 Å². The molecule has 0 aliphatic carbocycles. The number of imidazole rings is 1. The van der Waals surface area contributed by atoms with Gasteiger partial charge in [-0.1, -0.05) is 11.3 Å². The smallest absolute Gasteiger partial charge is 0.212 e. The quantitative estimate of drug-likeness (QED) is 0.736. The molecule has 3 heterocycles. The molecule has 0 N–H and O–H groups in total. The molecule has 0 amide bonds.